The van der Waals surface area contributed by atoms with Crippen molar-refractivity contribution in [2.45, 2.75) is 58.3 Å². The van der Waals surface area contributed by atoms with E-state index in [2.05, 4.69) is 6.92 Å². The molecule has 0 amide bonds. The molecule has 2 N–H and O–H groups in total. The van der Waals surface area contributed by atoms with Crippen LogP contribution in [-0.4, -0.2) is 40.4 Å². The van der Waals surface area contributed by atoms with Crippen LogP contribution in [0.4, 0.5) is 0 Å². The summed E-state index contributed by atoms with van der Waals surface area (Å²) in [4.78, 5) is 12.7. The zero-order valence-corrected chi connectivity index (χ0v) is 12.1. The van der Waals surface area contributed by atoms with E-state index in [1.54, 1.807) is 0 Å². The fourth-order valence-electron chi connectivity index (χ4n) is 5.09. The average molecular weight is 268 g/mol. The number of aliphatic hydroxyl groups excluding tert-OH is 2. The lowest BCUT2D eigenvalue weighted by molar-refractivity contribution is -0.166. The minimum atomic E-state index is -0.491. The van der Waals surface area contributed by atoms with E-state index in [-0.39, 0.29) is 35.7 Å². The molecular formula is C15H24O4. The number of epoxide rings is 1. The first-order chi connectivity index (χ1) is 8.69. The summed E-state index contributed by atoms with van der Waals surface area (Å²) < 4.78 is 5.68. The highest BCUT2D eigenvalue weighted by atomic mass is 16.6. The van der Waals surface area contributed by atoms with E-state index in [1.807, 2.05) is 20.8 Å². The van der Waals surface area contributed by atoms with Gasteiger partial charge in [-0.1, -0.05) is 20.8 Å². The van der Waals surface area contributed by atoms with Crippen LogP contribution in [-0.2, 0) is 9.53 Å². The molecule has 3 rings (SSSR count). The van der Waals surface area contributed by atoms with E-state index >= 15 is 0 Å². The number of hydrogen-bond acceptors (Lipinski definition) is 4. The molecule has 0 aromatic rings. The third kappa shape index (κ3) is 1.43. The standard InChI is InChI=1S/C15H24O4/c1-13(2)9(17)5-6-14(3)8(7-16)15(4)12(19-15)10(18)11(13)14/h8-9,11-12,16-17H,5-7H2,1-4H3/t8-,9+,11-,12+,14-,15-/m1/s1. The third-order valence-corrected chi connectivity index (χ3v) is 6.27. The van der Waals surface area contributed by atoms with Gasteiger partial charge in [-0.2, -0.15) is 0 Å². The van der Waals surface area contributed by atoms with Crippen LogP contribution < -0.4 is 0 Å². The molecule has 4 heteroatoms. The Hall–Kier alpha value is -0.450. The Morgan fingerprint density at radius 2 is 1.95 bits per heavy atom. The fraction of sp³-hybridized carbons (Fsp3) is 0.933. The molecule has 0 unspecified atom stereocenters. The Kier molecular flexibility index (Phi) is 2.56. The molecule has 4 nitrogen and oxygen atoms in total. The average Bonchev–Trinajstić information content (AvgIpc) is 2.98. The summed E-state index contributed by atoms with van der Waals surface area (Å²) in [6, 6.07) is 0. The maximum atomic E-state index is 12.7. The number of rotatable bonds is 1. The number of fused-ring (bicyclic) bond motifs is 2. The van der Waals surface area contributed by atoms with E-state index in [0.29, 0.717) is 6.42 Å². The molecule has 0 spiro atoms. The molecule has 0 bridgehead atoms. The van der Waals surface area contributed by atoms with Crippen molar-refractivity contribution in [2.75, 3.05) is 6.61 Å². The van der Waals surface area contributed by atoms with E-state index in [1.165, 1.54) is 0 Å². The quantitative estimate of drug-likeness (QED) is 0.700. The minimum absolute atomic E-state index is 0.0283. The Morgan fingerprint density at radius 3 is 2.53 bits per heavy atom. The van der Waals surface area contributed by atoms with Gasteiger partial charge < -0.3 is 14.9 Å². The largest absolute Gasteiger partial charge is 0.396 e. The number of carbonyl (C=O) groups excluding carboxylic acids is 1. The van der Waals surface area contributed by atoms with Crippen molar-refractivity contribution in [3.8, 4) is 0 Å². The monoisotopic (exact) mass is 268 g/mol. The second kappa shape index (κ2) is 3.60. The molecule has 1 aliphatic heterocycles. The van der Waals surface area contributed by atoms with Crippen LogP contribution in [0.2, 0.25) is 0 Å². The molecule has 6 atom stereocenters. The second-order valence-corrected chi connectivity index (χ2v) is 7.63. The summed E-state index contributed by atoms with van der Waals surface area (Å²) in [5.74, 6) is -0.139. The first kappa shape index (κ1) is 13.5. The van der Waals surface area contributed by atoms with Crippen LogP contribution in [0, 0.1) is 22.7 Å². The summed E-state index contributed by atoms with van der Waals surface area (Å²) in [7, 11) is 0. The molecule has 2 saturated carbocycles. The van der Waals surface area contributed by atoms with Crippen molar-refractivity contribution in [1.29, 1.82) is 0 Å². The van der Waals surface area contributed by atoms with Crippen LogP contribution >= 0.6 is 0 Å². The van der Waals surface area contributed by atoms with Gasteiger partial charge in [-0.15, -0.1) is 0 Å². The highest BCUT2D eigenvalue weighted by Gasteiger charge is 2.75. The number of carbonyl (C=O) groups is 1. The van der Waals surface area contributed by atoms with Crippen LogP contribution in [0.25, 0.3) is 0 Å². The lowest BCUT2D eigenvalue weighted by Gasteiger charge is -2.57. The highest BCUT2D eigenvalue weighted by molar-refractivity contribution is 5.92. The summed E-state index contributed by atoms with van der Waals surface area (Å²) in [5, 5.41) is 20.1. The van der Waals surface area contributed by atoms with E-state index in [0.717, 1.165) is 6.42 Å². The predicted molar refractivity (Wildman–Crippen MR) is 69.5 cm³/mol. The van der Waals surface area contributed by atoms with Crippen molar-refractivity contribution in [2.24, 2.45) is 22.7 Å². The molecule has 19 heavy (non-hydrogen) atoms. The van der Waals surface area contributed by atoms with Gasteiger partial charge in [-0.3, -0.25) is 4.79 Å². The second-order valence-electron chi connectivity index (χ2n) is 7.63. The Bertz CT molecular complexity index is 432. The van der Waals surface area contributed by atoms with Gasteiger partial charge in [0.25, 0.3) is 0 Å². The third-order valence-electron chi connectivity index (χ3n) is 6.27. The smallest absolute Gasteiger partial charge is 0.168 e. The zero-order chi connectivity index (χ0) is 14.2. The normalized spacial score (nSPS) is 55.4. The Morgan fingerprint density at radius 1 is 1.32 bits per heavy atom. The van der Waals surface area contributed by atoms with Crippen molar-refractivity contribution in [3.05, 3.63) is 0 Å². The number of hydrogen-bond donors (Lipinski definition) is 2. The Balaban J connectivity index is 2.09. The number of ether oxygens (including phenoxy) is 1. The van der Waals surface area contributed by atoms with Gasteiger partial charge in [0.1, 0.15) is 11.7 Å². The summed E-state index contributed by atoms with van der Waals surface area (Å²) in [5.41, 5.74) is -1.23. The first-order valence-electron chi connectivity index (χ1n) is 7.20. The molecule has 0 aromatic carbocycles. The van der Waals surface area contributed by atoms with Crippen molar-refractivity contribution in [1.82, 2.24) is 0 Å². The maximum Gasteiger partial charge on any atom is 0.168 e. The van der Waals surface area contributed by atoms with Gasteiger partial charge >= 0.3 is 0 Å². The molecule has 0 aromatic heterocycles. The van der Waals surface area contributed by atoms with Crippen molar-refractivity contribution < 1.29 is 19.7 Å². The van der Waals surface area contributed by atoms with Crippen LogP contribution in [0.5, 0.6) is 0 Å². The summed E-state index contributed by atoms with van der Waals surface area (Å²) in [6.07, 6.45) is 0.611. The van der Waals surface area contributed by atoms with Crippen LogP contribution in [0.15, 0.2) is 0 Å². The lowest BCUT2D eigenvalue weighted by atomic mass is 9.45. The van der Waals surface area contributed by atoms with Crippen molar-refractivity contribution >= 4 is 5.78 Å². The molecule has 3 fully saturated rings. The van der Waals surface area contributed by atoms with E-state index < -0.39 is 17.1 Å². The number of ketones is 1. The highest BCUT2D eigenvalue weighted by Crippen LogP contribution is 2.66. The molecule has 108 valence electrons. The van der Waals surface area contributed by atoms with Gasteiger partial charge in [-0.25, -0.2) is 0 Å². The molecule has 1 heterocycles. The van der Waals surface area contributed by atoms with Gasteiger partial charge in [0, 0.05) is 23.9 Å². The molecule has 2 aliphatic carbocycles. The SMILES string of the molecule is CC1(C)[C@H]2C(=O)[C@@H]3O[C@]3(C)[C@H](CO)[C@@]2(C)CC[C@@H]1O. The number of Topliss-reactive ketones (excluding diaryl/α,β-unsaturated/α-hetero) is 1. The van der Waals surface area contributed by atoms with Gasteiger partial charge in [-0.05, 0) is 25.2 Å². The topological polar surface area (TPSA) is 70.1 Å². The van der Waals surface area contributed by atoms with E-state index in [9.17, 15) is 15.0 Å². The molecule has 3 aliphatic rings. The van der Waals surface area contributed by atoms with Crippen LogP contribution in [0.3, 0.4) is 0 Å². The lowest BCUT2D eigenvalue weighted by Crippen LogP contribution is -2.62. The minimum Gasteiger partial charge on any atom is -0.396 e. The van der Waals surface area contributed by atoms with Crippen LogP contribution in [0.1, 0.15) is 40.5 Å². The van der Waals surface area contributed by atoms with Gasteiger partial charge in [0.15, 0.2) is 5.78 Å². The molecule has 0 radical (unpaired) electrons. The summed E-state index contributed by atoms with van der Waals surface area (Å²) in [6.45, 7) is 8.01. The molecular weight excluding hydrogens is 244 g/mol. The first-order valence-corrected chi connectivity index (χ1v) is 7.20. The number of aliphatic hydroxyl groups is 2. The van der Waals surface area contributed by atoms with Gasteiger partial charge in [0.2, 0.25) is 0 Å². The van der Waals surface area contributed by atoms with Gasteiger partial charge in [0.05, 0.1) is 6.10 Å². The predicted octanol–water partition coefficient (Wildman–Crippen LogP) is 1.14. The molecule has 1 saturated heterocycles. The van der Waals surface area contributed by atoms with Crippen molar-refractivity contribution in [3.63, 3.8) is 0 Å². The van der Waals surface area contributed by atoms with E-state index in [4.69, 9.17) is 4.74 Å². The maximum absolute atomic E-state index is 12.7. The zero-order valence-electron chi connectivity index (χ0n) is 12.1. The fourth-order valence-corrected chi connectivity index (χ4v) is 5.09. The summed E-state index contributed by atoms with van der Waals surface area (Å²) >= 11 is 0. The Labute approximate surface area is 114 Å².